The van der Waals surface area contributed by atoms with Gasteiger partial charge in [0.05, 0.1) is 6.42 Å². The summed E-state index contributed by atoms with van der Waals surface area (Å²) in [5.41, 5.74) is -1.70. The zero-order valence-electron chi connectivity index (χ0n) is 9.32. The Morgan fingerprint density at radius 2 is 2.06 bits per heavy atom. The number of allylic oxidation sites excluding steroid dienone is 1. The van der Waals surface area contributed by atoms with E-state index < -0.39 is 28.7 Å². The third-order valence-corrected chi connectivity index (χ3v) is 3.87. The van der Waals surface area contributed by atoms with Gasteiger partial charge in [-0.3, -0.25) is 4.79 Å². The van der Waals surface area contributed by atoms with Crippen molar-refractivity contribution >= 4 is 27.7 Å². The fourth-order valence-corrected chi connectivity index (χ4v) is 2.29. The summed E-state index contributed by atoms with van der Waals surface area (Å²) in [7, 11) is 0. The number of aliphatic imine (C=N–C) groups is 1. The SMILES string of the molecule is O=C(c1ccccc1)C(Br)C1(F)C=CN=C(F)C1. The van der Waals surface area contributed by atoms with E-state index in [0.717, 1.165) is 12.3 Å². The Hall–Kier alpha value is -1.36. The van der Waals surface area contributed by atoms with Crippen LogP contribution in [0.2, 0.25) is 0 Å². The molecule has 2 nitrogen and oxygen atoms in total. The molecule has 0 N–H and O–H groups in total. The molecule has 94 valence electrons. The molecule has 0 radical (unpaired) electrons. The first kappa shape index (κ1) is 13.1. The van der Waals surface area contributed by atoms with Crippen molar-refractivity contribution in [2.45, 2.75) is 16.9 Å². The van der Waals surface area contributed by atoms with Crippen LogP contribution >= 0.6 is 15.9 Å². The topological polar surface area (TPSA) is 29.4 Å². The Balaban J connectivity index is 2.22. The van der Waals surface area contributed by atoms with E-state index in [4.69, 9.17) is 0 Å². The van der Waals surface area contributed by atoms with Gasteiger partial charge in [0, 0.05) is 11.8 Å². The highest BCUT2D eigenvalue weighted by Crippen LogP contribution is 2.33. The summed E-state index contributed by atoms with van der Waals surface area (Å²) < 4.78 is 27.5. The second-order valence-electron chi connectivity index (χ2n) is 4.02. The minimum absolute atomic E-state index is 0.382. The fraction of sp³-hybridized carbons (Fsp3) is 0.231. The minimum atomic E-state index is -2.08. The Morgan fingerprint density at radius 1 is 1.39 bits per heavy atom. The van der Waals surface area contributed by atoms with E-state index in [1.807, 2.05) is 0 Å². The Bertz CT molecular complexity index is 515. The maximum absolute atomic E-state index is 14.5. The number of ketones is 1. The van der Waals surface area contributed by atoms with E-state index >= 15 is 0 Å². The number of hydrogen-bond acceptors (Lipinski definition) is 2. The van der Waals surface area contributed by atoms with E-state index in [1.54, 1.807) is 30.3 Å². The van der Waals surface area contributed by atoms with Gasteiger partial charge in [-0.05, 0) is 6.08 Å². The molecule has 0 fully saturated rings. The fourth-order valence-electron chi connectivity index (χ4n) is 1.71. The number of Topliss-reactive ketones (excluding diaryl/α,β-unsaturated/α-hetero) is 1. The van der Waals surface area contributed by atoms with Gasteiger partial charge in [-0.2, -0.15) is 4.39 Å². The van der Waals surface area contributed by atoms with Gasteiger partial charge in [-0.1, -0.05) is 46.3 Å². The van der Waals surface area contributed by atoms with Crippen LogP contribution < -0.4 is 0 Å². The zero-order chi connectivity index (χ0) is 13.2. The molecule has 1 aromatic rings. The van der Waals surface area contributed by atoms with Gasteiger partial charge >= 0.3 is 0 Å². The second kappa shape index (κ2) is 5.10. The van der Waals surface area contributed by atoms with Crippen molar-refractivity contribution in [3.8, 4) is 0 Å². The molecule has 0 saturated heterocycles. The molecule has 2 atom stereocenters. The second-order valence-corrected chi connectivity index (χ2v) is 4.93. The van der Waals surface area contributed by atoms with Crippen molar-refractivity contribution in [1.82, 2.24) is 0 Å². The molecule has 18 heavy (non-hydrogen) atoms. The predicted molar refractivity (Wildman–Crippen MR) is 69.6 cm³/mol. The Labute approximate surface area is 112 Å². The molecule has 0 aliphatic carbocycles. The Kier molecular flexibility index (Phi) is 3.71. The van der Waals surface area contributed by atoms with Crippen LogP contribution in [0.5, 0.6) is 0 Å². The van der Waals surface area contributed by atoms with Crippen molar-refractivity contribution in [3.63, 3.8) is 0 Å². The first-order chi connectivity index (χ1) is 8.53. The minimum Gasteiger partial charge on any atom is -0.293 e. The lowest BCUT2D eigenvalue weighted by Gasteiger charge is -2.26. The quantitative estimate of drug-likeness (QED) is 0.619. The molecule has 0 aromatic heterocycles. The lowest BCUT2D eigenvalue weighted by molar-refractivity contribution is 0.0924. The lowest BCUT2D eigenvalue weighted by Crippen LogP contribution is -2.40. The molecule has 1 aliphatic heterocycles. The van der Waals surface area contributed by atoms with E-state index in [0.29, 0.717) is 5.56 Å². The summed E-state index contributed by atoms with van der Waals surface area (Å²) >= 11 is 3.03. The highest BCUT2D eigenvalue weighted by atomic mass is 79.9. The number of nitrogens with zero attached hydrogens (tertiary/aromatic N) is 1. The summed E-state index contributed by atoms with van der Waals surface area (Å²) in [6.45, 7) is 0. The maximum Gasteiger partial charge on any atom is 0.192 e. The first-order valence-corrected chi connectivity index (χ1v) is 6.26. The average Bonchev–Trinajstić information content (AvgIpc) is 2.38. The first-order valence-electron chi connectivity index (χ1n) is 5.35. The number of benzene rings is 1. The van der Waals surface area contributed by atoms with Crippen LogP contribution in [0.1, 0.15) is 16.8 Å². The zero-order valence-corrected chi connectivity index (χ0v) is 10.9. The van der Waals surface area contributed by atoms with Crippen LogP contribution in [0.25, 0.3) is 0 Å². The summed E-state index contributed by atoms with van der Waals surface area (Å²) in [5, 5.41) is 0. The van der Waals surface area contributed by atoms with Gasteiger partial charge in [0.15, 0.2) is 17.4 Å². The summed E-state index contributed by atoms with van der Waals surface area (Å²) in [6.07, 6.45) is 1.62. The highest BCUT2D eigenvalue weighted by molar-refractivity contribution is 9.10. The number of alkyl halides is 2. The molecule has 0 amide bonds. The third kappa shape index (κ3) is 2.56. The van der Waals surface area contributed by atoms with Crippen molar-refractivity contribution in [2.75, 3.05) is 0 Å². The molecular weight excluding hydrogens is 304 g/mol. The average molecular weight is 314 g/mol. The number of carbonyl (C=O) groups excluding carboxylic acids is 1. The number of carbonyl (C=O) groups is 1. The van der Waals surface area contributed by atoms with E-state index in [2.05, 4.69) is 20.9 Å². The maximum atomic E-state index is 14.5. The van der Waals surface area contributed by atoms with Gasteiger partial charge in [-0.15, -0.1) is 0 Å². The molecule has 1 aromatic carbocycles. The van der Waals surface area contributed by atoms with Crippen LogP contribution in [0, 0.1) is 0 Å². The van der Waals surface area contributed by atoms with Crippen molar-refractivity contribution in [3.05, 3.63) is 48.2 Å². The third-order valence-electron chi connectivity index (χ3n) is 2.69. The molecule has 5 heteroatoms. The van der Waals surface area contributed by atoms with Crippen molar-refractivity contribution in [2.24, 2.45) is 4.99 Å². The molecule has 2 rings (SSSR count). The highest BCUT2D eigenvalue weighted by Gasteiger charge is 2.42. The van der Waals surface area contributed by atoms with Gasteiger partial charge in [0.1, 0.15) is 4.83 Å². The van der Waals surface area contributed by atoms with E-state index in [-0.39, 0.29) is 0 Å². The van der Waals surface area contributed by atoms with Crippen LogP contribution in [0.15, 0.2) is 47.6 Å². The van der Waals surface area contributed by atoms with Crippen LogP contribution in [-0.2, 0) is 0 Å². The predicted octanol–water partition coefficient (Wildman–Crippen LogP) is 3.63. The van der Waals surface area contributed by atoms with Gasteiger partial charge in [0.2, 0.25) is 0 Å². The van der Waals surface area contributed by atoms with Gasteiger partial charge < -0.3 is 0 Å². The van der Waals surface area contributed by atoms with Crippen molar-refractivity contribution in [1.29, 1.82) is 0 Å². The molecule has 0 saturated carbocycles. The molecular formula is C13H10BrF2NO. The number of hydrogen-bond donors (Lipinski definition) is 0. The standard InChI is InChI=1S/C13H10BrF2NO/c14-12(11(18)9-4-2-1-3-5-9)13(16)6-7-17-10(15)8-13/h1-7,12H,8H2. The largest absolute Gasteiger partial charge is 0.293 e. The number of rotatable bonds is 3. The molecule has 0 spiro atoms. The summed E-state index contributed by atoms with van der Waals surface area (Å²) in [6, 6.07) is 8.33. The molecule has 1 heterocycles. The van der Waals surface area contributed by atoms with Crippen LogP contribution in [0.4, 0.5) is 8.78 Å². The van der Waals surface area contributed by atoms with Crippen LogP contribution in [-0.4, -0.2) is 22.2 Å². The van der Waals surface area contributed by atoms with E-state index in [1.165, 1.54) is 0 Å². The molecule has 1 aliphatic rings. The summed E-state index contributed by atoms with van der Waals surface area (Å²) in [4.78, 5) is 14.3. The van der Waals surface area contributed by atoms with Crippen molar-refractivity contribution < 1.29 is 13.6 Å². The van der Waals surface area contributed by atoms with Gasteiger partial charge in [0.25, 0.3) is 0 Å². The summed E-state index contributed by atoms with van der Waals surface area (Å²) in [5.74, 6) is -1.23. The molecule has 2 unspecified atom stereocenters. The molecule has 0 bridgehead atoms. The smallest absolute Gasteiger partial charge is 0.192 e. The lowest BCUT2D eigenvalue weighted by atomic mass is 9.91. The van der Waals surface area contributed by atoms with Gasteiger partial charge in [-0.25, -0.2) is 9.38 Å². The van der Waals surface area contributed by atoms with E-state index in [9.17, 15) is 13.6 Å². The Morgan fingerprint density at radius 3 is 2.67 bits per heavy atom. The normalized spacial score (nSPS) is 24.5. The number of halogens is 3. The van der Waals surface area contributed by atoms with Crippen LogP contribution in [0.3, 0.4) is 0 Å². The monoisotopic (exact) mass is 313 g/mol.